The molecule has 1 amide bonds. The summed E-state index contributed by atoms with van der Waals surface area (Å²) in [6, 6.07) is 10.7. The molecule has 0 aliphatic rings. The Morgan fingerprint density at radius 2 is 1.55 bits per heavy atom. The number of benzene rings is 1. The maximum atomic E-state index is 12.3. The van der Waals surface area contributed by atoms with Gasteiger partial charge in [-0.3, -0.25) is 9.59 Å². The molecular formula is C23H29NO4S. The second-order valence-electron chi connectivity index (χ2n) is 9.03. The van der Waals surface area contributed by atoms with Crippen molar-refractivity contribution in [1.29, 1.82) is 0 Å². The highest BCUT2D eigenvalue weighted by Gasteiger charge is 2.21. The molecule has 0 fully saturated rings. The van der Waals surface area contributed by atoms with Crippen molar-refractivity contribution in [2.75, 3.05) is 6.61 Å². The van der Waals surface area contributed by atoms with Crippen molar-refractivity contribution in [3.8, 4) is 0 Å². The number of nitrogens with one attached hydrogen (secondary N) is 1. The molecule has 0 radical (unpaired) electrons. The Morgan fingerprint density at radius 1 is 0.931 bits per heavy atom. The van der Waals surface area contributed by atoms with Gasteiger partial charge in [0.1, 0.15) is 0 Å². The van der Waals surface area contributed by atoms with E-state index in [0.29, 0.717) is 17.0 Å². The van der Waals surface area contributed by atoms with Gasteiger partial charge >= 0.3 is 5.97 Å². The van der Waals surface area contributed by atoms with E-state index in [4.69, 9.17) is 4.74 Å². The Morgan fingerprint density at radius 3 is 2.10 bits per heavy atom. The first-order valence-electron chi connectivity index (χ1n) is 9.56. The van der Waals surface area contributed by atoms with Gasteiger partial charge in [-0.1, -0.05) is 53.7 Å². The largest absolute Gasteiger partial charge is 0.454 e. The number of ether oxygens (including phenoxy) is 1. The second-order valence-corrected chi connectivity index (χ2v) is 10.2. The molecule has 0 saturated heterocycles. The molecule has 29 heavy (non-hydrogen) atoms. The fourth-order valence-corrected chi connectivity index (χ4v) is 3.32. The van der Waals surface area contributed by atoms with Gasteiger partial charge in [-0.25, -0.2) is 4.79 Å². The van der Waals surface area contributed by atoms with Crippen molar-refractivity contribution in [2.45, 2.75) is 53.5 Å². The van der Waals surface area contributed by atoms with Crippen molar-refractivity contribution in [3.63, 3.8) is 0 Å². The summed E-state index contributed by atoms with van der Waals surface area (Å²) in [7, 11) is 0. The molecular weight excluding hydrogens is 386 g/mol. The van der Waals surface area contributed by atoms with E-state index in [2.05, 4.69) is 26.1 Å². The van der Waals surface area contributed by atoms with E-state index >= 15 is 0 Å². The average molecular weight is 416 g/mol. The van der Waals surface area contributed by atoms with Crippen molar-refractivity contribution in [1.82, 2.24) is 5.32 Å². The number of rotatable bonds is 6. The van der Waals surface area contributed by atoms with E-state index in [1.807, 2.05) is 32.9 Å². The number of carbonyl (C=O) groups excluding carboxylic acids is 3. The Kier molecular flexibility index (Phi) is 7.01. The van der Waals surface area contributed by atoms with Crippen LogP contribution < -0.4 is 5.32 Å². The smallest absolute Gasteiger partial charge is 0.338 e. The Bertz CT molecular complexity index is 883. The molecule has 0 spiro atoms. The molecule has 2 aromatic rings. The van der Waals surface area contributed by atoms with Crippen LogP contribution in [-0.4, -0.2) is 24.3 Å². The third-order valence-electron chi connectivity index (χ3n) is 4.36. The van der Waals surface area contributed by atoms with Gasteiger partial charge in [0.25, 0.3) is 0 Å². The highest BCUT2D eigenvalue weighted by Crippen LogP contribution is 2.22. The minimum absolute atomic E-state index is 0.00162. The number of thiophene rings is 1. The Hall–Kier alpha value is -2.47. The van der Waals surface area contributed by atoms with Crippen LogP contribution in [0.25, 0.3) is 0 Å². The van der Waals surface area contributed by atoms with Crippen LogP contribution in [0.2, 0.25) is 0 Å². The summed E-state index contributed by atoms with van der Waals surface area (Å²) in [4.78, 5) is 37.8. The molecule has 6 heteroatoms. The first kappa shape index (κ1) is 22.8. The maximum Gasteiger partial charge on any atom is 0.338 e. The third kappa shape index (κ3) is 6.53. The highest BCUT2D eigenvalue weighted by atomic mass is 32.1. The fraction of sp³-hybridized carbons (Fsp3) is 0.435. The van der Waals surface area contributed by atoms with Crippen LogP contribution in [-0.2, 0) is 21.5 Å². The number of amides is 1. The zero-order valence-electron chi connectivity index (χ0n) is 17.9. The molecule has 156 valence electrons. The molecule has 1 heterocycles. The van der Waals surface area contributed by atoms with Gasteiger partial charge in [-0.05, 0) is 35.2 Å². The van der Waals surface area contributed by atoms with Crippen molar-refractivity contribution < 1.29 is 19.1 Å². The summed E-state index contributed by atoms with van der Waals surface area (Å²) >= 11 is 1.29. The molecule has 1 aromatic carbocycles. The van der Waals surface area contributed by atoms with Gasteiger partial charge in [-0.15, -0.1) is 11.3 Å². The molecule has 0 bridgehead atoms. The molecule has 0 saturated carbocycles. The van der Waals surface area contributed by atoms with E-state index in [1.165, 1.54) is 11.3 Å². The number of Topliss-reactive ketones (excluding diaryl/α,β-unsaturated/α-hetero) is 1. The fourth-order valence-electron chi connectivity index (χ4n) is 2.45. The summed E-state index contributed by atoms with van der Waals surface area (Å²) in [6.45, 7) is 11.9. The molecule has 0 aliphatic heterocycles. The minimum Gasteiger partial charge on any atom is -0.454 e. The monoisotopic (exact) mass is 415 g/mol. The van der Waals surface area contributed by atoms with Gasteiger partial charge in [0, 0.05) is 10.3 Å². The zero-order valence-corrected chi connectivity index (χ0v) is 18.7. The molecule has 0 unspecified atom stereocenters. The average Bonchev–Trinajstić information content (AvgIpc) is 3.11. The summed E-state index contributed by atoms with van der Waals surface area (Å²) in [5.74, 6) is -0.832. The lowest BCUT2D eigenvalue weighted by atomic mass is 9.87. The number of carbonyl (C=O) groups is 3. The standard InChI is InChI=1S/C23H29NO4S/c1-22(2,3)16-9-7-15(8-10-16)20(26)28-14-18(25)19-12-11-17(29-19)13-24-21(27)23(4,5)6/h7-12H,13-14H2,1-6H3,(H,24,27). The number of hydrogen-bond acceptors (Lipinski definition) is 5. The number of ketones is 1. The zero-order chi connectivity index (χ0) is 21.8. The van der Waals surface area contributed by atoms with Gasteiger partial charge in [0.15, 0.2) is 6.61 Å². The lowest BCUT2D eigenvalue weighted by Gasteiger charge is -2.18. The highest BCUT2D eigenvalue weighted by molar-refractivity contribution is 7.14. The van der Waals surface area contributed by atoms with Crippen LogP contribution in [0.4, 0.5) is 0 Å². The van der Waals surface area contributed by atoms with Crippen LogP contribution in [0.3, 0.4) is 0 Å². The number of esters is 1. The van der Waals surface area contributed by atoms with Crippen LogP contribution in [0.5, 0.6) is 0 Å². The summed E-state index contributed by atoms with van der Waals surface area (Å²) in [5.41, 5.74) is 1.08. The first-order valence-corrected chi connectivity index (χ1v) is 10.4. The van der Waals surface area contributed by atoms with Crippen LogP contribution in [0, 0.1) is 5.41 Å². The van der Waals surface area contributed by atoms with Crippen LogP contribution in [0.1, 0.15) is 72.0 Å². The predicted octanol–water partition coefficient (Wildman–Crippen LogP) is 4.75. The van der Waals surface area contributed by atoms with Crippen LogP contribution in [0.15, 0.2) is 36.4 Å². The van der Waals surface area contributed by atoms with E-state index in [9.17, 15) is 14.4 Å². The molecule has 1 N–H and O–H groups in total. The van der Waals surface area contributed by atoms with E-state index < -0.39 is 11.4 Å². The van der Waals surface area contributed by atoms with Gasteiger partial charge in [0.05, 0.1) is 17.0 Å². The lowest BCUT2D eigenvalue weighted by molar-refractivity contribution is -0.128. The predicted molar refractivity (Wildman–Crippen MR) is 115 cm³/mol. The van der Waals surface area contributed by atoms with E-state index in [0.717, 1.165) is 10.4 Å². The van der Waals surface area contributed by atoms with Gasteiger partial charge in [0.2, 0.25) is 11.7 Å². The normalized spacial score (nSPS) is 11.8. The van der Waals surface area contributed by atoms with Crippen molar-refractivity contribution >= 4 is 29.0 Å². The van der Waals surface area contributed by atoms with E-state index in [1.54, 1.807) is 24.3 Å². The summed E-state index contributed by atoms with van der Waals surface area (Å²) < 4.78 is 5.17. The SMILES string of the molecule is CC(C)(C)C(=O)NCc1ccc(C(=O)COC(=O)c2ccc(C(C)(C)C)cc2)s1. The molecule has 5 nitrogen and oxygen atoms in total. The Balaban J connectivity index is 1.88. The molecule has 0 atom stereocenters. The molecule has 2 rings (SSSR count). The van der Waals surface area contributed by atoms with Gasteiger partial charge < -0.3 is 10.1 Å². The van der Waals surface area contributed by atoms with Gasteiger partial charge in [-0.2, -0.15) is 0 Å². The Labute approximate surface area is 176 Å². The third-order valence-corrected chi connectivity index (χ3v) is 5.49. The molecule has 1 aromatic heterocycles. The molecule has 0 aliphatic carbocycles. The first-order chi connectivity index (χ1) is 13.4. The summed E-state index contributed by atoms with van der Waals surface area (Å²) in [6.07, 6.45) is 0. The lowest BCUT2D eigenvalue weighted by Crippen LogP contribution is -2.34. The second kappa shape index (κ2) is 8.91. The minimum atomic E-state index is -0.520. The number of hydrogen-bond donors (Lipinski definition) is 1. The topological polar surface area (TPSA) is 72.5 Å². The maximum absolute atomic E-state index is 12.3. The van der Waals surface area contributed by atoms with Crippen molar-refractivity contribution in [2.24, 2.45) is 5.41 Å². The van der Waals surface area contributed by atoms with E-state index in [-0.39, 0.29) is 23.7 Å². The van der Waals surface area contributed by atoms with Crippen molar-refractivity contribution in [3.05, 3.63) is 57.3 Å². The quantitative estimate of drug-likeness (QED) is 0.546. The summed E-state index contributed by atoms with van der Waals surface area (Å²) in [5, 5.41) is 2.85. The van der Waals surface area contributed by atoms with Crippen LogP contribution >= 0.6 is 11.3 Å².